The molecule has 0 spiro atoms. The number of esters is 1. The lowest BCUT2D eigenvalue weighted by Gasteiger charge is -2.36. The lowest BCUT2D eigenvalue weighted by atomic mass is 9.79. The molecule has 0 saturated heterocycles. The van der Waals surface area contributed by atoms with Crippen LogP contribution in [0.15, 0.2) is 0 Å². The second kappa shape index (κ2) is 6.27. The summed E-state index contributed by atoms with van der Waals surface area (Å²) in [5.74, 6) is 0.546. The van der Waals surface area contributed by atoms with Crippen LogP contribution in [-0.4, -0.2) is 11.6 Å². The zero-order chi connectivity index (χ0) is 12.0. The summed E-state index contributed by atoms with van der Waals surface area (Å²) < 4.78 is 5.64. The van der Waals surface area contributed by atoms with Gasteiger partial charge in [-0.25, -0.2) is 0 Å². The van der Waals surface area contributed by atoms with Gasteiger partial charge in [-0.3, -0.25) is 4.79 Å². The van der Waals surface area contributed by atoms with Gasteiger partial charge in [0.05, 0.1) is 0 Å². The van der Waals surface area contributed by atoms with Gasteiger partial charge in [0.25, 0.3) is 0 Å². The Hall–Kier alpha value is -0.530. The largest absolute Gasteiger partial charge is 0.459 e. The van der Waals surface area contributed by atoms with Crippen molar-refractivity contribution in [2.24, 2.45) is 5.92 Å². The minimum Gasteiger partial charge on any atom is -0.459 e. The number of unbranched alkanes of at least 4 members (excludes halogenated alkanes) is 1. The summed E-state index contributed by atoms with van der Waals surface area (Å²) in [6, 6.07) is 0. The van der Waals surface area contributed by atoms with Crippen molar-refractivity contribution in [1.29, 1.82) is 0 Å². The quantitative estimate of drug-likeness (QED) is 0.660. The van der Waals surface area contributed by atoms with Crippen molar-refractivity contribution >= 4 is 5.97 Å². The molecular formula is C14H26O2. The Balaban J connectivity index is 2.39. The third kappa shape index (κ3) is 4.15. The van der Waals surface area contributed by atoms with Crippen molar-refractivity contribution in [1.82, 2.24) is 0 Å². The highest BCUT2D eigenvalue weighted by Gasteiger charge is 2.33. The van der Waals surface area contributed by atoms with E-state index in [2.05, 4.69) is 20.8 Å². The van der Waals surface area contributed by atoms with Gasteiger partial charge >= 0.3 is 5.97 Å². The highest BCUT2D eigenvalue weighted by molar-refractivity contribution is 5.69. The van der Waals surface area contributed by atoms with Crippen LogP contribution in [0.1, 0.15) is 72.1 Å². The van der Waals surface area contributed by atoms with Crippen LogP contribution in [0.2, 0.25) is 0 Å². The van der Waals surface area contributed by atoms with E-state index in [1.807, 2.05) is 0 Å². The summed E-state index contributed by atoms with van der Waals surface area (Å²) in [7, 11) is 0. The van der Waals surface area contributed by atoms with Gasteiger partial charge in [-0.15, -0.1) is 0 Å². The topological polar surface area (TPSA) is 26.3 Å². The van der Waals surface area contributed by atoms with Gasteiger partial charge in [-0.05, 0) is 39.0 Å². The second-order valence-electron chi connectivity index (χ2n) is 5.52. The molecule has 2 heteroatoms. The maximum Gasteiger partial charge on any atom is 0.306 e. The molecule has 0 amide bonds. The average molecular weight is 226 g/mol. The molecule has 1 fully saturated rings. The van der Waals surface area contributed by atoms with E-state index in [4.69, 9.17) is 4.74 Å². The van der Waals surface area contributed by atoms with E-state index in [1.165, 1.54) is 32.1 Å². The first-order valence-electron chi connectivity index (χ1n) is 6.78. The van der Waals surface area contributed by atoms with E-state index in [0.29, 0.717) is 12.3 Å². The Bertz CT molecular complexity index is 215. The van der Waals surface area contributed by atoms with E-state index in [1.54, 1.807) is 0 Å². The van der Waals surface area contributed by atoms with Crippen molar-refractivity contribution in [2.75, 3.05) is 0 Å². The smallest absolute Gasteiger partial charge is 0.306 e. The summed E-state index contributed by atoms with van der Waals surface area (Å²) in [5.41, 5.74) is -0.259. The Morgan fingerprint density at radius 3 is 2.44 bits per heavy atom. The van der Waals surface area contributed by atoms with Gasteiger partial charge in [0.15, 0.2) is 0 Å². The molecule has 0 N–H and O–H groups in total. The van der Waals surface area contributed by atoms with Gasteiger partial charge in [-0.2, -0.15) is 0 Å². The Morgan fingerprint density at radius 2 is 1.88 bits per heavy atom. The van der Waals surface area contributed by atoms with E-state index in [9.17, 15) is 4.79 Å². The highest BCUT2D eigenvalue weighted by Crippen LogP contribution is 2.34. The summed E-state index contributed by atoms with van der Waals surface area (Å²) >= 11 is 0. The number of hydrogen-bond donors (Lipinski definition) is 0. The lowest BCUT2D eigenvalue weighted by Crippen LogP contribution is -2.37. The van der Waals surface area contributed by atoms with Gasteiger partial charge < -0.3 is 4.74 Å². The van der Waals surface area contributed by atoms with Crippen molar-refractivity contribution in [3.63, 3.8) is 0 Å². The molecule has 0 aromatic heterocycles. The van der Waals surface area contributed by atoms with Crippen LogP contribution in [-0.2, 0) is 9.53 Å². The molecule has 0 heterocycles. The van der Waals surface area contributed by atoms with Crippen molar-refractivity contribution in [3.8, 4) is 0 Å². The molecule has 0 aromatic rings. The number of hydrogen-bond acceptors (Lipinski definition) is 2. The zero-order valence-electron chi connectivity index (χ0n) is 11.1. The number of rotatable bonds is 5. The van der Waals surface area contributed by atoms with Crippen molar-refractivity contribution in [3.05, 3.63) is 0 Å². The molecule has 0 aliphatic heterocycles. The fraction of sp³-hybridized carbons (Fsp3) is 0.929. The first-order chi connectivity index (χ1) is 7.56. The Labute approximate surface area is 99.8 Å². The molecule has 0 atom stereocenters. The predicted octanol–water partition coefficient (Wildman–Crippen LogP) is 4.08. The molecule has 1 saturated carbocycles. The molecule has 0 aromatic carbocycles. The SMILES string of the molecule is CCCCC(=O)OC(C)(C)C1CCCCC1. The Morgan fingerprint density at radius 1 is 1.25 bits per heavy atom. The van der Waals surface area contributed by atoms with E-state index >= 15 is 0 Å². The molecule has 16 heavy (non-hydrogen) atoms. The number of carbonyl (C=O) groups is 1. The van der Waals surface area contributed by atoms with Crippen LogP contribution < -0.4 is 0 Å². The molecule has 0 unspecified atom stereocenters. The normalized spacial score (nSPS) is 18.4. The summed E-state index contributed by atoms with van der Waals surface area (Å²) in [6.45, 7) is 6.25. The van der Waals surface area contributed by atoms with Crippen LogP contribution in [0, 0.1) is 5.92 Å². The number of ether oxygens (including phenoxy) is 1. The van der Waals surface area contributed by atoms with Gasteiger partial charge in [0.2, 0.25) is 0 Å². The van der Waals surface area contributed by atoms with Gasteiger partial charge in [0, 0.05) is 6.42 Å². The predicted molar refractivity (Wildman–Crippen MR) is 66.3 cm³/mol. The van der Waals surface area contributed by atoms with Gasteiger partial charge in [0.1, 0.15) is 5.60 Å². The van der Waals surface area contributed by atoms with Crippen molar-refractivity contribution < 1.29 is 9.53 Å². The van der Waals surface area contributed by atoms with Crippen LogP contribution >= 0.6 is 0 Å². The third-order valence-electron chi connectivity index (χ3n) is 3.70. The molecule has 1 aliphatic carbocycles. The minimum atomic E-state index is -0.259. The molecule has 1 rings (SSSR count). The van der Waals surface area contributed by atoms with Gasteiger partial charge in [-0.1, -0.05) is 32.6 Å². The first-order valence-corrected chi connectivity index (χ1v) is 6.78. The Kier molecular flexibility index (Phi) is 5.30. The third-order valence-corrected chi connectivity index (χ3v) is 3.70. The number of carbonyl (C=O) groups excluding carboxylic acids is 1. The molecule has 0 radical (unpaired) electrons. The fourth-order valence-corrected chi connectivity index (χ4v) is 2.55. The molecule has 94 valence electrons. The summed E-state index contributed by atoms with van der Waals surface area (Å²) in [4.78, 5) is 11.6. The highest BCUT2D eigenvalue weighted by atomic mass is 16.6. The van der Waals surface area contributed by atoms with E-state index < -0.39 is 0 Å². The van der Waals surface area contributed by atoms with E-state index in [0.717, 1.165) is 12.8 Å². The van der Waals surface area contributed by atoms with Crippen LogP contribution in [0.5, 0.6) is 0 Å². The first kappa shape index (κ1) is 13.5. The van der Waals surface area contributed by atoms with Crippen LogP contribution in [0.4, 0.5) is 0 Å². The average Bonchev–Trinajstić information content (AvgIpc) is 2.27. The molecule has 2 nitrogen and oxygen atoms in total. The summed E-state index contributed by atoms with van der Waals surface area (Å²) in [5, 5.41) is 0. The standard InChI is InChI=1S/C14H26O2/c1-4-5-11-13(15)16-14(2,3)12-9-7-6-8-10-12/h12H,4-11H2,1-3H3. The lowest BCUT2D eigenvalue weighted by molar-refractivity contribution is -0.163. The maximum atomic E-state index is 11.6. The molecule has 0 bridgehead atoms. The molecular weight excluding hydrogens is 200 g/mol. The maximum absolute atomic E-state index is 11.6. The summed E-state index contributed by atoms with van der Waals surface area (Å²) in [6.07, 6.45) is 8.94. The fourth-order valence-electron chi connectivity index (χ4n) is 2.55. The van der Waals surface area contributed by atoms with Crippen molar-refractivity contribution in [2.45, 2.75) is 77.7 Å². The van der Waals surface area contributed by atoms with Crippen LogP contribution in [0.25, 0.3) is 0 Å². The monoisotopic (exact) mass is 226 g/mol. The minimum absolute atomic E-state index is 0.0163. The second-order valence-corrected chi connectivity index (χ2v) is 5.52. The van der Waals surface area contributed by atoms with E-state index in [-0.39, 0.29) is 11.6 Å². The zero-order valence-corrected chi connectivity index (χ0v) is 11.1. The van der Waals surface area contributed by atoms with Crippen LogP contribution in [0.3, 0.4) is 0 Å². The molecule has 1 aliphatic rings.